The minimum absolute atomic E-state index is 0.0625. The summed E-state index contributed by atoms with van der Waals surface area (Å²) in [7, 11) is -6.82. The van der Waals surface area contributed by atoms with Gasteiger partial charge in [-0.1, -0.05) is 397 Å². The molecule has 5 heteroatoms. The Morgan fingerprint density at radius 1 is 0.210 bits per heavy atom. The molecule has 0 aliphatic carbocycles. The Labute approximate surface area is 620 Å². The van der Waals surface area contributed by atoms with Crippen molar-refractivity contribution in [3.05, 3.63) is 418 Å². The van der Waals surface area contributed by atoms with Crippen LogP contribution in [-0.2, 0) is 5.41 Å². The Bertz CT molecular complexity index is 5750. The van der Waals surface area contributed by atoms with E-state index in [2.05, 4.69) is 443 Å². The molecule has 0 unspecified atom stereocenters. The molecule has 16 aromatic rings. The molecule has 498 valence electrons. The number of rotatable bonds is 15. The monoisotopic (exact) mass is 1370 g/mol. The smallest absolute Gasteiger partial charge is 0.252 e. The van der Waals surface area contributed by atoms with Gasteiger partial charge in [-0.25, -0.2) is 0 Å². The zero-order chi connectivity index (χ0) is 70.5. The second-order valence-corrected chi connectivity index (χ2v) is 36.7. The summed E-state index contributed by atoms with van der Waals surface area (Å²) in [6, 6.07) is 157. The van der Waals surface area contributed by atoms with Gasteiger partial charge in [-0.3, -0.25) is 0 Å². The molecule has 0 aromatic heterocycles. The van der Waals surface area contributed by atoms with Gasteiger partial charge in [-0.15, -0.1) is 0 Å². The maximum absolute atomic E-state index is 3.51. The molecular weight excluding hydrogens is 1300 g/mol. The number of hydrogen-bond donors (Lipinski definition) is 0. The number of nitrogens with zero attached hydrogens (tertiary/aromatic N) is 2. The maximum atomic E-state index is 2.73. The van der Waals surface area contributed by atoms with Gasteiger partial charge in [0.15, 0.2) is 16.1 Å². The summed E-state index contributed by atoms with van der Waals surface area (Å²) in [5, 5.41) is 10.4. The number of fused-ring (bicyclic) bond motifs is 4. The first-order chi connectivity index (χ1) is 51.7. The average Bonchev–Trinajstić information content (AvgIpc) is 0.685. The van der Waals surface area contributed by atoms with Crippen molar-refractivity contribution in [1.29, 1.82) is 0 Å². The molecule has 0 bridgehead atoms. The van der Waals surface area contributed by atoms with E-state index in [4.69, 9.17) is 0 Å². The first kappa shape index (κ1) is 64.7. The summed E-state index contributed by atoms with van der Waals surface area (Å²) < 4.78 is 0. The van der Waals surface area contributed by atoms with E-state index < -0.39 is 16.1 Å². The van der Waals surface area contributed by atoms with Crippen LogP contribution in [0, 0.1) is 0 Å². The highest BCUT2D eigenvalue weighted by atomic mass is 28.3. The molecule has 2 aliphatic heterocycles. The summed E-state index contributed by atoms with van der Waals surface area (Å²) in [5.41, 5.74) is 23.5. The maximum Gasteiger partial charge on any atom is 0.252 e. The Kier molecular flexibility index (Phi) is 16.7. The minimum Gasteiger partial charge on any atom is -0.311 e. The van der Waals surface area contributed by atoms with Crippen LogP contribution in [0.5, 0.6) is 0 Å². The van der Waals surface area contributed by atoms with E-state index in [0.717, 1.165) is 56.4 Å². The van der Waals surface area contributed by atoms with Crippen LogP contribution in [0.3, 0.4) is 0 Å². The Hall–Kier alpha value is -12.4. The predicted octanol–water partition coefficient (Wildman–Crippen LogP) is 18.2. The van der Waals surface area contributed by atoms with Crippen molar-refractivity contribution >= 4 is 115 Å². The van der Waals surface area contributed by atoms with Gasteiger partial charge in [0.2, 0.25) is 0 Å². The third-order valence-corrected chi connectivity index (χ3v) is 31.6. The lowest BCUT2D eigenvalue weighted by atomic mass is 9.33. The Morgan fingerprint density at radius 3 is 0.943 bits per heavy atom. The van der Waals surface area contributed by atoms with Crippen molar-refractivity contribution in [3.8, 4) is 55.6 Å². The Morgan fingerprint density at radius 2 is 0.514 bits per heavy atom. The third kappa shape index (κ3) is 11.3. The quantitative estimate of drug-likeness (QED) is 0.0746. The molecule has 2 aliphatic rings. The van der Waals surface area contributed by atoms with Crippen molar-refractivity contribution in [2.24, 2.45) is 0 Å². The highest BCUT2D eigenvalue weighted by Gasteiger charge is 2.50. The van der Waals surface area contributed by atoms with Crippen LogP contribution in [-0.4, -0.2) is 22.9 Å². The van der Waals surface area contributed by atoms with Crippen LogP contribution in [0.1, 0.15) is 26.3 Å². The van der Waals surface area contributed by atoms with Gasteiger partial charge in [0.05, 0.1) is 11.4 Å². The van der Waals surface area contributed by atoms with Crippen molar-refractivity contribution in [1.82, 2.24) is 0 Å². The van der Waals surface area contributed by atoms with E-state index >= 15 is 0 Å². The molecular formula is C100H77BN2Si2. The van der Waals surface area contributed by atoms with Gasteiger partial charge in [-0.05, 0) is 150 Å². The lowest BCUT2D eigenvalue weighted by molar-refractivity contribution is 0.590. The lowest BCUT2D eigenvalue weighted by Crippen LogP contribution is -2.75. The SMILES string of the molecule is CC(C)(C)c1cccc(-c2ccc3c(c2)N(c2ccccc2-c2ccccc2)c2cc([Si](c4ccccc4)(c4ccccc4)c4cccc(-c5ccccc5)c4)cc4c2B3c2ccc([Si](c3ccccc3)(c3ccccc3)c3cccc(-c5ccccc5)c3)cc2N4c2ccccc2-c2ccccc2)c1. The van der Waals surface area contributed by atoms with Gasteiger partial charge in [-0.2, -0.15) is 0 Å². The summed E-state index contributed by atoms with van der Waals surface area (Å²) in [6.45, 7) is 6.72. The van der Waals surface area contributed by atoms with E-state index in [0.29, 0.717) is 0 Å². The van der Waals surface area contributed by atoms with Gasteiger partial charge < -0.3 is 9.80 Å². The molecule has 2 nitrogen and oxygen atoms in total. The van der Waals surface area contributed by atoms with Gasteiger partial charge >= 0.3 is 0 Å². The fourth-order valence-electron chi connectivity index (χ4n) is 17.2. The van der Waals surface area contributed by atoms with Crippen molar-refractivity contribution in [2.75, 3.05) is 9.80 Å². The molecule has 0 spiro atoms. The number of hydrogen-bond acceptors (Lipinski definition) is 2. The first-order valence-corrected chi connectivity index (χ1v) is 40.7. The molecule has 0 fully saturated rings. The molecule has 16 aromatic carbocycles. The van der Waals surface area contributed by atoms with E-state index in [9.17, 15) is 0 Å². The fourth-order valence-corrected chi connectivity index (χ4v) is 26.8. The summed E-state index contributed by atoms with van der Waals surface area (Å²) >= 11 is 0. The van der Waals surface area contributed by atoms with Crippen molar-refractivity contribution in [3.63, 3.8) is 0 Å². The van der Waals surface area contributed by atoms with Gasteiger partial charge in [0.25, 0.3) is 6.71 Å². The van der Waals surface area contributed by atoms with Crippen LogP contribution < -0.4 is 67.7 Å². The summed E-state index contributed by atoms with van der Waals surface area (Å²) in [5.74, 6) is 0. The molecule has 105 heavy (non-hydrogen) atoms. The topological polar surface area (TPSA) is 6.48 Å². The molecule has 0 saturated carbocycles. The van der Waals surface area contributed by atoms with Gasteiger partial charge in [0.1, 0.15) is 0 Å². The van der Waals surface area contributed by atoms with E-state index in [-0.39, 0.29) is 12.1 Å². The molecule has 18 rings (SSSR count). The normalized spacial score (nSPS) is 12.5. The molecule has 0 atom stereocenters. The third-order valence-electron chi connectivity index (χ3n) is 22.1. The molecule has 0 saturated heterocycles. The average molecular weight is 1370 g/mol. The number of para-hydroxylation sites is 2. The van der Waals surface area contributed by atoms with Crippen LogP contribution in [0.25, 0.3) is 55.6 Å². The zero-order valence-corrected chi connectivity index (χ0v) is 61.2. The second kappa shape index (κ2) is 27.1. The first-order valence-electron chi connectivity index (χ1n) is 36.7. The zero-order valence-electron chi connectivity index (χ0n) is 59.2. The van der Waals surface area contributed by atoms with Crippen LogP contribution in [0.2, 0.25) is 0 Å². The lowest BCUT2D eigenvalue weighted by Gasteiger charge is -2.47. The second-order valence-electron chi connectivity index (χ2n) is 29.0. The van der Waals surface area contributed by atoms with E-state index in [1.165, 1.54) is 96.8 Å². The van der Waals surface area contributed by atoms with Crippen LogP contribution in [0.15, 0.2) is 413 Å². The van der Waals surface area contributed by atoms with Crippen LogP contribution >= 0.6 is 0 Å². The highest BCUT2D eigenvalue weighted by Crippen LogP contribution is 2.49. The minimum atomic E-state index is -3.51. The van der Waals surface area contributed by atoms with E-state index in [1.54, 1.807) is 0 Å². The standard InChI is InChI=1S/C100H77BN2Si2/c1-100(2,3)80-46-32-43-76(65-80)79-61-63-91-95(68-79)102(93-59-30-28-57-89(93)74-39-16-6-17-40-74)97-70-88(105(83-51-24-10-25-52-83,84-53-26-11-27-54-84)86-56-34-45-78(67-86)73-37-14-5-15-38-73)71-98-99(97)101(91)92-64-62-87(69-96(92)103(98)94-60-31-29-58-90(94)75-41-18-7-19-42-75)104(81-47-20-8-21-48-81,82-49-22-9-23-50-82)85-55-33-44-77(66-85)72-35-12-4-13-36-72/h4-71H,1-3H3. The summed E-state index contributed by atoms with van der Waals surface area (Å²) in [6.07, 6.45) is 0. The molecule has 0 N–H and O–H groups in total. The van der Waals surface area contributed by atoms with Crippen molar-refractivity contribution < 1.29 is 0 Å². The fraction of sp³-hybridized carbons (Fsp3) is 0.0400. The number of benzene rings is 16. The largest absolute Gasteiger partial charge is 0.311 e. The van der Waals surface area contributed by atoms with Gasteiger partial charge in [0, 0.05) is 33.9 Å². The van der Waals surface area contributed by atoms with Crippen LogP contribution in [0.4, 0.5) is 34.1 Å². The number of anilines is 6. The van der Waals surface area contributed by atoms with Crippen molar-refractivity contribution in [2.45, 2.75) is 26.2 Å². The van der Waals surface area contributed by atoms with E-state index in [1.807, 2.05) is 0 Å². The molecule has 0 radical (unpaired) electrons. The highest BCUT2D eigenvalue weighted by molar-refractivity contribution is 7.21. The summed E-state index contributed by atoms with van der Waals surface area (Å²) in [4.78, 5) is 5.41. The molecule has 0 amide bonds. The molecule has 2 heterocycles. The predicted molar refractivity (Wildman–Crippen MR) is 454 cm³/mol. The Balaban J connectivity index is 1.03.